The third-order valence-corrected chi connectivity index (χ3v) is 3.60. The Morgan fingerprint density at radius 1 is 1.57 bits per heavy atom. The van der Waals surface area contributed by atoms with Gasteiger partial charge in [-0.3, -0.25) is 4.79 Å². The number of aromatic nitrogens is 2. The molecule has 5 nitrogen and oxygen atoms in total. The average molecular weight is 331 g/mol. The minimum Gasteiger partial charge on any atom is -0.373 e. The smallest absolute Gasteiger partial charge is 0.270 e. The van der Waals surface area contributed by atoms with Crippen LogP contribution in [0.15, 0.2) is 40.8 Å². The zero-order valence-corrected chi connectivity index (χ0v) is 13.2. The number of benzene rings is 1. The molecule has 7 heteroatoms. The summed E-state index contributed by atoms with van der Waals surface area (Å²) in [5, 5.41) is 9.63. The zero-order chi connectivity index (χ0) is 16.8. The fraction of sp³-hybridized carbons (Fsp3) is 0.188. The lowest BCUT2D eigenvalue weighted by atomic mass is 10.0. The molecule has 0 amide bonds. The second-order valence-electron chi connectivity index (χ2n) is 4.52. The predicted octanol–water partition coefficient (Wildman–Crippen LogP) is 2.87. The van der Waals surface area contributed by atoms with Crippen molar-refractivity contribution in [2.45, 2.75) is 11.8 Å². The second kappa shape index (κ2) is 7.72. The van der Waals surface area contributed by atoms with Gasteiger partial charge in [0.2, 0.25) is 0 Å². The van der Waals surface area contributed by atoms with Crippen LogP contribution in [0.1, 0.15) is 11.1 Å². The summed E-state index contributed by atoms with van der Waals surface area (Å²) in [5.74, 6) is -0.431. The number of thioether (sulfide) groups is 1. The van der Waals surface area contributed by atoms with Crippen LogP contribution in [0, 0.1) is 17.1 Å². The van der Waals surface area contributed by atoms with Gasteiger partial charge in [-0.1, -0.05) is 17.8 Å². The summed E-state index contributed by atoms with van der Waals surface area (Å²) in [5.41, 5.74) is 0.586. The van der Waals surface area contributed by atoms with Crippen molar-refractivity contribution in [3.63, 3.8) is 0 Å². The molecule has 1 N–H and O–H groups in total. The van der Waals surface area contributed by atoms with Crippen LogP contribution >= 0.6 is 11.8 Å². The molecule has 0 aliphatic carbocycles. The molecule has 1 heterocycles. The minimum absolute atomic E-state index is 0.112. The standard InChI is InChI=1S/C16H14FN3O2S/c1-3-6-22-9-10-7-11(17)4-5-12(10)14-13(8-18)15(21)20-16(19-14)23-2/h3-5,7H,1,6,9H2,2H3,(H,19,20,21). The molecule has 0 saturated carbocycles. The third kappa shape index (κ3) is 3.86. The van der Waals surface area contributed by atoms with E-state index < -0.39 is 11.4 Å². The lowest BCUT2D eigenvalue weighted by Gasteiger charge is -2.11. The van der Waals surface area contributed by atoms with Crippen molar-refractivity contribution < 1.29 is 9.13 Å². The molecule has 0 unspecified atom stereocenters. The van der Waals surface area contributed by atoms with Crippen LogP contribution in [0.3, 0.4) is 0 Å². The zero-order valence-electron chi connectivity index (χ0n) is 12.4. The molecule has 0 bridgehead atoms. The van der Waals surface area contributed by atoms with E-state index in [0.717, 1.165) is 0 Å². The Balaban J connectivity index is 2.61. The highest BCUT2D eigenvalue weighted by atomic mass is 32.2. The van der Waals surface area contributed by atoms with Gasteiger partial charge in [-0.05, 0) is 30.0 Å². The van der Waals surface area contributed by atoms with E-state index in [0.29, 0.717) is 22.9 Å². The van der Waals surface area contributed by atoms with Gasteiger partial charge in [-0.15, -0.1) is 6.58 Å². The first-order valence-corrected chi connectivity index (χ1v) is 7.89. The molecule has 0 saturated heterocycles. The fourth-order valence-electron chi connectivity index (χ4n) is 2.01. The van der Waals surface area contributed by atoms with Crippen molar-refractivity contribution in [1.82, 2.24) is 9.97 Å². The molecule has 0 fully saturated rings. The van der Waals surface area contributed by atoms with Crippen LogP contribution < -0.4 is 5.56 Å². The van der Waals surface area contributed by atoms with Gasteiger partial charge in [0.1, 0.15) is 17.4 Å². The van der Waals surface area contributed by atoms with Crippen molar-refractivity contribution >= 4 is 11.8 Å². The number of hydrogen-bond acceptors (Lipinski definition) is 5. The van der Waals surface area contributed by atoms with E-state index in [1.54, 1.807) is 12.3 Å². The first kappa shape index (κ1) is 16.9. The number of nitrogens with one attached hydrogen (secondary N) is 1. The Morgan fingerprint density at radius 2 is 2.35 bits per heavy atom. The second-order valence-corrected chi connectivity index (χ2v) is 5.31. The highest BCUT2D eigenvalue weighted by Gasteiger charge is 2.16. The van der Waals surface area contributed by atoms with Gasteiger partial charge in [0.05, 0.1) is 18.9 Å². The number of H-pyrrole nitrogens is 1. The maximum absolute atomic E-state index is 13.5. The molecule has 2 aromatic rings. The maximum Gasteiger partial charge on any atom is 0.270 e. The van der Waals surface area contributed by atoms with Crippen molar-refractivity contribution in [2.75, 3.05) is 12.9 Å². The van der Waals surface area contributed by atoms with Gasteiger partial charge in [-0.25, -0.2) is 9.37 Å². The minimum atomic E-state index is -0.524. The largest absolute Gasteiger partial charge is 0.373 e. The van der Waals surface area contributed by atoms with Crippen molar-refractivity contribution in [3.05, 3.63) is 58.2 Å². The van der Waals surface area contributed by atoms with E-state index in [9.17, 15) is 14.4 Å². The Morgan fingerprint density at radius 3 is 3.00 bits per heavy atom. The van der Waals surface area contributed by atoms with Crippen LogP contribution in [-0.4, -0.2) is 22.8 Å². The highest BCUT2D eigenvalue weighted by Crippen LogP contribution is 2.26. The number of halogens is 1. The van der Waals surface area contributed by atoms with Crippen LogP contribution in [0.25, 0.3) is 11.3 Å². The van der Waals surface area contributed by atoms with Crippen LogP contribution in [0.4, 0.5) is 4.39 Å². The Hall–Kier alpha value is -2.43. The van der Waals surface area contributed by atoms with Gasteiger partial charge in [0.25, 0.3) is 5.56 Å². The summed E-state index contributed by atoms with van der Waals surface area (Å²) in [6, 6.07) is 5.92. The van der Waals surface area contributed by atoms with E-state index in [1.165, 1.54) is 30.0 Å². The number of aromatic amines is 1. The Labute approximate surface area is 136 Å². The molecule has 0 aliphatic rings. The van der Waals surface area contributed by atoms with E-state index in [4.69, 9.17) is 4.74 Å². The number of rotatable bonds is 6. The monoisotopic (exact) mass is 331 g/mol. The van der Waals surface area contributed by atoms with E-state index in [1.807, 2.05) is 6.07 Å². The van der Waals surface area contributed by atoms with Crippen LogP contribution in [-0.2, 0) is 11.3 Å². The molecule has 23 heavy (non-hydrogen) atoms. The Bertz CT molecular complexity index is 827. The third-order valence-electron chi connectivity index (χ3n) is 3.02. The average Bonchev–Trinajstić information content (AvgIpc) is 2.54. The molecule has 1 aromatic carbocycles. The van der Waals surface area contributed by atoms with E-state index >= 15 is 0 Å². The first-order chi connectivity index (χ1) is 11.1. The van der Waals surface area contributed by atoms with Gasteiger partial charge >= 0.3 is 0 Å². The predicted molar refractivity (Wildman–Crippen MR) is 86.6 cm³/mol. The van der Waals surface area contributed by atoms with Crippen LogP contribution in [0.5, 0.6) is 0 Å². The molecule has 0 spiro atoms. The molecule has 0 radical (unpaired) electrons. The summed E-state index contributed by atoms with van der Waals surface area (Å²) >= 11 is 1.25. The number of ether oxygens (including phenoxy) is 1. The van der Waals surface area contributed by atoms with Gasteiger partial charge < -0.3 is 9.72 Å². The number of nitriles is 1. The molecule has 0 atom stereocenters. The lowest BCUT2D eigenvalue weighted by Crippen LogP contribution is -2.15. The van der Waals surface area contributed by atoms with Gasteiger partial charge in [-0.2, -0.15) is 5.26 Å². The van der Waals surface area contributed by atoms with Crippen LogP contribution in [0.2, 0.25) is 0 Å². The molecule has 1 aromatic heterocycles. The Kier molecular flexibility index (Phi) is 5.68. The summed E-state index contributed by atoms with van der Waals surface area (Å²) in [6.07, 6.45) is 3.34. The molecule has 2 rings (SSSR count). The number of hydrogen-bond donors (Lipinski definition) is 1. The summed E-state index contributed by atoms with van der Waals surface area (Å²) < 4.78 is 18.9. The lowest BCUT2D eigenvalue weighted by molar-refractivity contribution is 0.149. The maximum atomic E-state index is 13.5. The summed E-state index contributed by atoms with van der Waals surface area (Å²) in [4.78, 5) is 18.8. The molecular weight excluding hydrogens is 317 g/mol. The van der Waals surface area contributed by atoms with Gasteiger partial charge in [0, 0.05) is 5.56 Å². The first-order valence-electron chi connectivity index (χ1n) is 6.66. The highest BCUT2D eigenvalue weighted by molar-refractivity contribution is 7.98. The summed E-state index contributed by atoms with van der Waals surface area (Å²) in [7, 11) is 0. The van der Waals surface area contributed by atoms with Gasteiger partial charge in [0.15, 0.2) is 5.16 Å². The van der Waals surface area contributed by atoms with E-state index in [-0.39, 0.29) is 17.9 Å². The molecule has 0 aliphatic heterocycles. The molecular formula is C16H14FN3O2S. The summed E-state index contributed by atoms with van der Waals surface area (Å²) in [6.45, 7) is 3.97. The quantitative estimate of drug-likeness (QED) is 0.381. The SMILES string of the molecule is C=CCOCc1cc(F)ccc1-c1nc(SC)[nH]c(=O)c1C#N. The number of nitrogens with zero attached hydrogens (tertiary/aromatic N) is 2. The van der Waals surface area contributed by atoms with Crippen molar-refractivity contribution in [2.24, 2.45) is 0 Å². The van der Waals surface area contributed by atoms with Crippen molar-refractivity contribution in [3.8, 4) is 17.3 Å². The van der Waals surface area contributed by atoms with Crippen molar-refractivity contribution in [1.29, 1.82) is 5.26 Å². The topological polar surface area (TPSA) is 78.8 Å². The molecule has 118 valence electrons. The fourth-order valence-corrected chi connectivity index (χ4v) is 2.39. The van der Waals surface area contributed by atoms with E-state index in [2.05, 4.69) is 16.5 Å². The normalized spacial score (nSPS) is 10.3.